The summed E-state index contributed by atoms with van der Waals surface area (Å²) in [5.74, 6) is 0. The van der Waals surface area contributed by atoms with Crippen LogP contribution in [0.3, 0.4) is 0 Å². The maximum atomic E-state index is 12.8. The fourth-order valence-corrected chi connectivity index (χ4v) is 4.84. The minimum atomic E-state index is -0.940. The Labute approximate surface area is 111 Å². The summed E-state index contributed by atoms with van der Waals surface area (Å²) in [5.41, 5.74) is 2.51. The molecule has 1 fully saturated rings. The Hall–Kier alpha value is -0.780. The molecule has 0 N–H and O–H groups in total. The highest BCUT2D eigenvalue weighted by Crippen LogP contribution is 2.44. The molecule has 0 amide bonds. The number of rotatable bonds is 0. The van der Waals surface area contributed by atoms with Gasteiger partial charge in [0.1, 0.15) is 11.0 Å². The number of nitrogens with zero attached hydrogens (tertiary/aromatic N) is 3. The zero-order chi connectivity index (χ0) is 12.8. The van der Waals surface area contributed by atoms with Crippen LogP contribution in [0.4, 0.5) is 0 Å². The third kappa shape index (κ3) is 1.73. The normalized spacial score (nSPS) is 28.2. The lowest BCUT2D eigenvalue weighted by atomic mass is 9.86. The van der Waals surface area contributed by atoms with Crippen LogP contribution in [0.1, 0.15) is 24.0 Å². The second kappa shape index (κ2) is 4.40. The Morgan fingerprint density at radius 2 is 2.06 bits per heavy atom. The van der Waals surface area contributed by atoms with Crippen molar-refractivity contribution in [2.75, 3.05) is 27.2 Å². The first-order chi connectivity index (χ1) is 8.63. The first-order valence-electron chi connectivity index (χ1n) is 6.38. The Morgan fingerprint density at radius 1 is 1.33 bits per heavy atom. The van der Waals surface area contributed by atoms with E-state index in [1.165, 1.54) is 11.1 Å². The van der Waals surface area contributed by atoms with Crippen LogP contribution in [0, 0.1) is 0 Å². The van der Waals surface area contributed by atoms with Gasteiger partial charge in [-0.3, -0.25) is 4.98 Å². The largest absolute Gasteiger partial charge is 0.306 e. The summed E-state index contributed by atoms with van der Waals surface area (Å²) in [7, 11) is 3.15. The Bertz CT molecular complexity index is 483. The molecule has 0 aliphatic carbocycles. The molecular weight excluding hydrogens is 246 g/mol. The number of piperidine rings is 1. The third-order valence-electron chi connectivity index (χ3n) is 4.21. The molecule has 0 aromatic carbocycles. The van der Waals surface area contributed by atoms with Crippen molar-refractivity contribution in [2.24, 2.45) is 0 Å². The predicted octanol–water partition coefficient (Wildman–Crippen LogP) is 1.11. The molecule has 1 aromatic heterocycles. The molecule has 0 radical (unpaired) electrons. The summed E-state index contributed by atoms with van der Waals surface area (Å²) in [6, 6.07) is 2.07. The van der Waals surface area contributed by atoms with Gasteiger partial charge in [-0.15, -0.1) is 0 Å². The second-order valence-corrected chi connectivity index (χ2v) is 7.27. The topological polar surface area (TPSA) is 36.4 Å². The molecule has 5 heteroatoms. The molecule has 1 unspecified atom stereocenters. The summed E-state index contributed by atoms with van der Waals surface area (Å²) in [5, 5.41) is 0. The lowest BCUT2D eigenvalue weighted by Gasteiger charge is -2.45. The fraction of sp³-hybridized carbons (Fsp3) is 0.615. The van der Waals surface area contributed by atoms with Gasteiger partial charge in [0.25, 0.3) is 0 Å². The smallest absolute Gasteiger partial charge is 0.105 e. The fourth-order valence-electron chi connectivity index (χ4n) is 3.09. The number of likely N-dealkylation sites (tertiary alicyclic amines) is 1. The van der Waals surface area contributed by atoms with Gasteiger partial charge in [0.05, 0.1) is 4.75 Å². The average Bonchev–Trinajstić information content (AvgIpc) is 2.39. The van der Waals surface area contributed by atoms with E-state index in [9.17, 15) is 4.21 Å². The van der Waals surface area contributed by atoms with Crippen molar-refractivity contribution in [2.45, 2.75) is 24.1 Å². The molecule has 2 aliphatic rings. The van der Waals surface area contributed by atoms with Crippen LogP contribution >= 0.6 is 0 Å². The van der Waals surface area contributed by atoms with Gasteiger partial charge in [0.15, 0.2) is 0 Å². The summed E-state index contributed by atoms with van der Waals surface area (Å²) in [6.07, 6.45) is 5.69. The first kappa shape index (κ1) is 12.3. The van der Waals surface area contributed by atoms with E-state index in [0.29, 0.717) is 0 Å². The monoisotopic (exact) mass is 265 g/mol. The first-order valence-corrected chi connectivity index (χ1v) is 7.49. The van der Waals surface area contributed by atoms with E-state index in [0.717, 1.165) is 32.5 Å². The van der Waals surface area contributed by atoms with Crippen molar-refractivity contribution < 1.29 is 4.21 Å². The van der Waals surface area contributed by atoms with E-state index in [2.05, 4.69) is 23.0 Å². The average molecular weight is 265 g/mol. The molecule has 0 saturated carbocycles. The van der Waals surface area contributed by atoms with Crippen LogP contribution in [-0.4, -0.2) is 45.6 Å². The van der Waals surface area contributed by atoms with E-state index >= 15 is 0 Å². The molecule has 0 bridgehead atoms. The summed E-state index contributed by atoms with van der Waals surface area (Å²) >= 11 is 0. The van der Waals surface area contributed by atoms with Crippen molar-refractivity contribution >= 4 is 11.0 Å². The van der Waals surface area contributed by atoms with E-state index in [-0.39, 0.29) is 4.75 Å². The second-order valence-electron chi connectivity index (χ2n) is 5.37. The van der Waals surface area contributed by atoms with Gasteiger partial charge in [0.2, 0.25) is 0 Å². The number of aromatic nitrogens is 1. The Balaban J connectivity index is 2.09. The van der Waals surface area contributed by atoms with Crippen molar-refractivity contribution in [1.82, 2.24) is 14.2 Å². The number of hydrogen-bond acceptors (Lipinski definition) is 3. The van der Waals surface area contributed by atoms with Crippen LogP contribution in [0.15, 0.2) is 18.5 Å². The van der Waals surface area contributed by atoms with Gasteiger partial charge in [-0.1, -0.05) is 0 Å². The summed E-state index contributed by atoms with van der Waals surface area (Å²) < 4.78 is 14.5. The maximum Gasteiger partial charge on any atom is 0.105 e. The van der Waals surface area contributed by atoms with Gasteiger partial charge in [0, 0.05) is 26.0 Å². The highest BCUT2D eigenvalue weighted by molar-refractivity contribution is 7.83. The molecule has 2 aliphatic heterocycles. The molecule has 98 valence electrons. The quantitative estimate of drug-likeness (QED) is 0.705. The molecule has 3 heterocycles. The van der Waals surface area contributed by atoms with E-state index in [1.807, 2.05) is 23.7 Å². The third-order valence-corrected chi connectivity index (χ3v) is 6.20. The number of fused-ring (bicyclic) bond motifs is 2. The van der Waals surface area contributed by atoms with Crippen molar-refractivity contribution in [3.05, 3.63) is 29.6 Å². The van der Waals surface area contributed by atoms with E-state index in [1.54, 1.807) is 0 Å². The maximum absolute atomic E-state index is 12.8. The van der Waals surface area contributed by atoms with Crippen LogP contribution in [0.5, 0.6) is 0 Å². The van der Waals surface area contributed by atoms with Crippen molar-refractivity contribution in [3.63, 3.8) is 0 Å². The lowest BCUT2D eigenvalue weighted by Crippen LogP contribution is -2.50. The summed E-state index contributed by atoms with van der Waals surface area (Å²) in [4.78, 5) is 6.57. The predicted molar refractivity (Wildman–Crippen MR) is 72.3 cm³/mol. The molecule has 18 heavy (non-hydrogen) atoms. The van der Waals surface area contributed by atoms with Crippen LogP contribution in [0.2, 0.25) is 0 Å². The van der Waals surface area contributed by atoms with E-state index in [4.69, 9.17) is 0 Å². The van der Waals surface area contributed by atoms with Gasteiger partial charge >= 0.3 is 0 Å². The molecule has 4 nitrogen and oxygen atoms in total. The Kier molecular flexibility index (Phi) is 3.00. The van der Waals surface area contributed by atoms with Crippen molar-refractivity contribution in [1.29, 1.82) is 0 Å². The van der Waals surface area contributed by atoms with Crippen LogP contribution in [0.25, 0.3) is 0 Å². The summed E-state index contributed by atoms with van der Waals surface area (Å²) in [6.45, 7) is 2.78. The SMILES string of the molecule is CN1CCC2(CC1)c1cnccc1CN(C)S2=O. The van der Waals surface area contributed by atoms with Gasteiger partial charge in [-0.05, 0) is 50.2 Å². The van der Waals surface area contributed by atoms with Gasteiger partial charge < -0.3 is 4.90 Å². The minimum Gasteiger partial charge on any atom is -0.306 e. The molecule has 3 rings (SSSR count). The molecule has 1 saturated heterocycles. The zero-order valence-electron chi connectivity index (χ0n) is 10.9. The standard InChI is InChI=1S/C13H19N3OS/c1-15-7-4-13(5-8-15)12-9-14-6-3-11(12)10-16(2)18(13)17/h3,6,9H,4-5,7-8,10H2,1-2H3. The van der Waals surface area contributed by atoms with E-state index < -0.39 is 11.0 Å². The number of hydrogen-bond donors (Lipinski definition) is 0. The Morgan fingerprint density at radius 3 is 2.78 bits per heavy atom. The molecule has 1 atom stereocenters. The minimum absolute atomic E-state index is 0.205. The lowest BCUT2D eigenvalue weighted by molar-refractivity contribution is 0.227. The van der Waals surface area contributed by atoms with Crippen LogP contribution in [-0.2, 0) is 22.3 Å². The van der Waals surface area contributed by atoms with Crippen LogP contribution < -0.4 is 0 Å². The highest BCUT2D eigenvalue weighted by Gasteiger charge is 2.47. The van der Waals surface area contributed by atoms with Gasteiger partial charge in [-0.2, -0.15) is 0 Å². The molecule has 1 aromatic rings. The molecule has 1 spiro atoms. The van der Waals surface area contributed by atoms with Crippen molar-refractivity contribution in [3.8, 4) is 0 Å². The highest BCUT2D eigenvalue weighted by atomic mass is 32.2. The molecular formula is C13H19N3OS. The van der Waals surface area contributed by atoms with Gasteiger partial charge in [-0.25, -0.2) is 8.51 Å². The zero-order valence-corrected chi connectivity index (χ0v) is 11.7. The number of pyridine rings is 1.